The number of benzene rings is 2. The highest BCUT2D eigenvalue weighted by Crippen LogP contribution is 2.33. The highest BCUT2D eigenvalue weighted by molar-refractivity contribution is 5.95. The van der Waals surface area contributed by atoms with Crippen LogP contribution in [0.2, 0.25) is 0 Å². The molecule has 0 saturated carbocycles. The molecule has 2 aromatic carbocycles. The third kappa shape index (κ3) is 6.89. The largest absolute Gasteiger partial charge is 0.478 e. The first-order chi connectivity index (χ1) is 16.5. The molecule has 0 spiro atoms. The first-order valence-electron chi connectivity index (χ1n) is 12.0. The molecule has 3 N–H and O–H groups in total. The van der Waals surface area contributed by atoms with Crippen LogP contribution in [0.5, 0.6) is 0 Å². The maximum atomic E-state index is 12.0. The van der Waals surface area contributed by atoms with Gasteiger partial charge in [0.1, 0.15) is 12.2 Å². The van der Waals surface area contributed by atoms with E-state index in [2.05, 4.69) is 0 Å². The normalized spacial score (nSPS) is 22.5. The number of hydrogen-bond acceptors (Lipinski definition) is 5. The van der Waals surface area contributed by atoms with Crippen molar-refractivity contribution in [2.24, 2.45) is 5.92 Å². The molecule has 1 unspecified atom stereocenters. The van der Waals surface area contributed by atoms with Gasteiger partial charge < -0.3 is 24.8 Å². The minimum atomic E-state index is -0.978. The molecule has 0 amide bonds. The molecule has 35 heavy (non-hydrogen) atoms. The van der Waals surface area contributed by atoms with E-state index in [1.54, 1.807) is 45.9 Å². The van der Waals surface area contributed by atoms with Crippen LogP contribution in [-0.4, -0.2) is 51.5 Å². The van der Waals surface area contributed by atoms with Crippen LogP contribution >= 0.6 is 0 Å². The number of carboxylic acid groups (broad SMARTS) is 1. The van der Waals surface area contributed by atoms with Crippen molar-refractivity contribution in [1.82, 2.24) is 0 Å². The van der Waals surface area contributed by atoms with E-state index in [1.807, 2.05) is 55.5 Å². The van der Waals surface area contributed by atoms with Crippen LogP contribution in [0, 0.1) is 12.8 Å². The van der Waals surface area contributed by atoms with Gasteiger partial charge >= 0.3 is 5.97 Å². The molecule has 0 bridgehead atoms. The van der Waals surface area contributed by atoms with Crippen LogP contribution in [0.1, 0.15) is 55.6 Å². The van der Waals surface area contributed by atoms with Gasteiger partial charge in [0.15, 0.2) is 5.79 Å². The summed E-state index contributed by atoms with van der Waals surface area (Å²) in [5.74, 6) is -1.94. The standard InChI is InChI=1S/C29H36O6/c1-18(20(3)30)14-15-24(31)27-25(34-29(4,5)35-27)13-9-12-22-17-23(21-10-7-6-8-11-21)16-19(2)26(22)28(32)33/h6-12,14-18,20,24-25,27,30-31H,13H2,1-5H3,(H,32,33)/b12-9+,15-14-/t18-,20+,24?,25+,27-/m1/s1. The van der Waals surface area contributed by atoms with Crippen molar-refractivity contribution in [3.05, 3.63) is 77.4 Å². The van der Waals surface area contributed by atoms with E-state index in [9.17, 15) is 20.1 Å². The van der Waals surface area contributed by atoms with E-state index in [0.717, 1.165) is 11.1 Å². The van der Waals surface area contributed by atoms with E-state index in [0.29, 0.717) is 17.5 Å². The second-order valence-electron chi connectivity index (χ2n) is 9.68. The number of ether oxygens (including phenoxy) is 2. The zero-order chi connectivity index (χ0) is 25.8. The van der Waals surface area contributed by atoms with Gasteiger partial charge in [-0.25, -0.2) is 4.79 Å². The van der Waals surface area contributed by atoms with Crippen molar-refractivity contribution in [3.8, 4) is 11.1 Å². The smallest absolute Gasteiger partial charge is 0.336 e. The molecule has 1 aliphatic rings. The fraction of sp³-hybridized carbons (Fsp3) is 0.414. The average molecular weight is 481 g/mol. The average Bonchev–Trinajstić information content (AvgIpc) is 3.11. The summed E-state index contributed by atoms with van der Waals surface area (Å²) in [6.07, 6.45) is 5.06. The Hall–Kier alpha value is -2.77. The monoisotopic (exact) mass is 480 g/mol. The summed E-state index contributed by atoms with van der Waals surface area (Å²) in [6.45, 7) is 8.97. The number of hydrogen-bond donors (Lipinski definition) is 3. The van der Waals surface area contributed by atoms with E-state index in [1.165, 1.54) is 0 Å². The molecular formula is C29H36O6. The predicted octanol–water partition coefficient (Wildman–Crippen LogP) is 5.22. The number of carbonyl (C=O) groups is 1. The molecule has 1 saturated heterocycles. The molecule has 5 atom stereocenters. The second kappa shape index (κ2) is 11.3. The van der Waals surface area contributed by atoms with Gasteiger partial charge in [0, 0.05) is 0 Å². The molecule has 3 rings (SSSR count). The van der Waals surface area contributed by atoms with Crippen LogP contribution < -0.4 is 0 Å². The van der Waals surface area contributed by atoms with Gasteiger partial charge in [-0.1, -0.05) is 67.6 Å². The molecule has 0 radical (unpaired) electrons. The fourth-order valence-electron chi connectivity index (χ4n) is 4.26. The van der Waals surface area contributed by atoms with Gasteiger partial charge in [-0.3, -0.25) is 0 Å². The molecule has 6 heteroatoms. The predicted molar refractivity (Wildman–Crippen MR) is 137 cm³/mol. The van der Waals surface area contributed by atoms with Crippen molar-refractivity contribution in [2.75, 3.05) is 0 Å². The number of aliphatic hydroxyl groups excluding tert-OH is 2. The Morgan fingerprint density at radius 3 is 2.37 bits per heavy atom. The minimum Gasteiger partial charge on any atom is -0.478 e. The maximum absolute atomic E-state index is 12.0. The quantitative estimate of drug-likeness (QED) is 0.426. The van der Waals surface area contributed by atoms with Gasteiger partial charge in [-0.05, 0) is 68.4 Å². The summed E-state index contributed by atoms with van der Waals surface area (Å²) in [5.41, 5.74) is 3.51. The summed E-state index contributed by atoms with van der Waals surface area (Å²) >= 11 is 0. The van der Waals surface area contributed by atoms with E-state index >= 15 is 0 Å². The van der Waals surface area contributed by atoms with Gasteiger partial charge in [0.25, 0.3) is 0 Å². The van der Waals surface area contributed by atoms with Crippen LogP contribution in [0.25, 0.3) is 17.2 Å². The van der Waals surface area contributed by atoms with Crippen molar-refractivity contribution in [3.63, 3.8) is 0 Å². The summed E-state index contributed by atoms with van der Waals surface area (Å²) in [6, 6.07) is 13.6. The molecule has 188 valence electrons. The molecule has 0 aromatic heterocycles. The van der Waals surface area contributed by atoms with Gasteiger partial charge in [0.05, 0.1) is 17.8 Å². The van der Waals surface area contributed by atoms with E-state index < -0.39 is 36.2 Å². The highest BCUT2D eigenvalue weighted by atomic mass is 16.8. The summed E-state index contributed by atoms with van der Waals surface area (Å²) < 4.78 is 12.0. The molecular weight excluding hydrogens is 444 g/mol. The third-order valence-electron chi connectivity index (χ3n) is 6.28. The van der Waals surface area contributed by atoms with Crippen molar-refractivity contribution < 1.29 is 29.6 Å². The fourth-order valence-corrected chi connectivity index (χ4v) is 4.26. The van der Waals surface area contributed by atoms with Gasteiger partial charge in [-0.15, -0.1) is 0 Å². The molecule has 1 fully saturated rings. The van der Waals surface area contributed by atoms with E-state index in [-0.39, 0.29) is 11.5 Å². The number of rotatable bonds is 9. The Morgan fingerprint density at radius 2 is 1.74 bits per heavy atom. The molecule has 1 heterocycles. The summed E-state index contributed by atoms with van der Waals surface area (Å²) in [5, 5.41) is 30.2. The lowest BCUT2D eigenvalue weighted by Crippen LogP contribution is -2.34. The number of carboxylic acids is 1. The van der Waals surface area contributed by atoms with Crippen LogP contribution in [-0.2, 0) is 9.47 Å². The van der Waals surface area contributed by atoms with Crippen molar-refractivity contribution in [2.45, 2.75) is 71.2 Å². The summed E-state index contributed by atoms with van der Waals surface area (Å²) in [4.78, 5) is 12.0. The second-order valence-corrected chi connectivity index (χ2v) is 9.68. The lowest BCUT2D eigenvalue weighted by molar-refractivity contribution is -0.152. The summed E-state index contributed by atoms with van der Waals surface area (Å²) in [7, 11) is 0. The first kappa shape index (κ1) is 26.8. The Labute approximate surface area is 207 Å². The van der Waals surface area contributed by atoms with Crippen LogP contribution in [0.4, 0.5) is 0 Å². The SMILES string of the molecule is Cc1cc(-c2ccccc2)cc(/C=C/C[C@@H]2OC(C)(C)O[C@@H]2C(O)/C=C\[C@@H](C)[C@H](C)O)c1C(=O)O. The zero-order valence-corrected chi connectivity index (χ0v) is 21.0. The minimum absolute atomic E-state index is 0.104. The lowest BCUT2D eigenvalue weighted by Gasteiger charge is -2.20. The lowest BCUT2D eigenvalue weighted by atomic mass is 9.94. The first-order valence-corrected chi connectivity index (χ1v) is 12.0. The maximum Gasteiger partial charge on any atom is 0.336 e. The molecule has 2 aromatic rings. The highest BCUT2D eigenvalue weighted by Gasteiger charge is 2.43. The molecule has 1 aliphatic heterocycles. The van der Waals surface area contributed by atoms with Gasteiger partial charge in [0.2, 0.25) is 0 Å². The number of aryl methyl sites for hydroxylation is 1. The van der Waals surface area contributed by atoms with Crippen molar-refractivity contribution in [1.29, 1.82) is 0 Å². The van der Waals surface area contributed by atoms with Gasteiger partial charge in [-0.2, -0.15) is 0 Å². The number of aromatic carboxylic acids is 1. The van der Waals surface area contributed by atoms with E-state index in [4.69, 9.17) is 9.47 Å². The van der Waals surface area contributed by atoms with Crippen LogP contribution in [0.3, 0.4) is 0 Å². The third-order valence-corrected chi connectivity index (χ3v) is 6.28. The Morgan fingerprint density at radius 1 is 1.06 bits per heavy atom. The zero-order valence-electron chi connectivity index (χ0n) is 21.0. The van der Waals surface area contributed by atoms with Crippen molar-refractivity contribution >= 4 is 12.0 Å². The topological polar surface area (TPSA) is 96.2 Å². The van der Waals surface area contributed by atoms with Crippen LogP contribution in [0.15, 0.2) is 60.7 Å². The molecule has 6 nitrogen and oxygen atoms in total. The Bertz CT molecular complexity index is 1070. The Kier molecular flexibility index (Phi) is 8.67. The Balaban J connectivity index is 1.83. The molecule has 0 aliphatic carbocycles. The number of aliphatic hydroxyl groups is 2.